The number of rotatable bonds is 7. The minimum absolute atomic E-state index is 0.0882. The summed E-state index contributed by atoms with van der Waals surface area (Å²) in [7, 11) is 0. The van der Waals surface area contributed by atoms with Crippen LogP contribution < -0.4 is 5.32 Å². The Labute approximate surface area is 167 Å². The van der Waals surface area contributed by atoms with Crippen LogP contribution in [0.4, 0.5) is 0 Å². The lowest BCUT2D eigenvalue weighted by atomic mass is 9.96. The molecule has 4 heteroatoms. The first-order valence-electron chi connectivity index (χ1n) is 9.91. The zero-order chi connectivity index (χ0) is 19.1. The third-order valence-electron chi connectivity index (χ3n) is 5.29. The summed E-state index contributed by atoms with van der Waals surface area (Å²) in [6.07, 6.45) is 4.02. The number of amides is 1. The first-order chi connectivity index (χ1) is 13.1. The molecule has 1 fully saturated rings. The number of benzene rings is 2. The zero-order valence-corrected chi connectivity index (χ0v) is 16.8. The minimum atomic E-state index is 0.0882. The second-order valence-electron chi connectivity index (χ2n) is 7.63. The number of nitrogens with zero attached hydrogens (tertiary/aromatic N) is 1. The summed E-state index contributed by atoms with van der Waals surface area (Å²) in [5.41, 5.74) is 2.57. The fourth-order valence-corrected chi connectivity index (χ4v) is 3.85. The van der Waals surface area contributed by atoms with E-state index in [4.69, 9.17) is 11.6 Å². The number of piperidine rings is 1. The minimum Gasteiger partial charge on any atom is -0.353 e. The topological polar surface area (TPSA) is 32.3 Å². The molecular weight excluding hydrogens is 356 g/mol. The van der Waals surface area contributed by atoms with Gasteiger partial charge in [-0.25, -0.2) is 0 Å². The Morgan fingerprint density at radius 3 is 2.63 bits per heavy atom. The summed E-state index contributed by atoms with van der Waals surface area (Å²) in [5.74, 6) is 0.293. The number of halogens is 1. The van der Waals surface area contributed by atoms with E-state index in [-0.39, 0.29) is 17.9 Å². The average molecular weight is 385 g/mol. The first kappa shape index (κ1) is 19.9. The lowest BCUT2D eigenvalue weighted by Crippen LogP contribution is -2.45. The van der Waals surface area contributed by atoms with Gasteiger partial charge in [0.05, 0.1) is 5.92 Å². The molecule has 0 spiro atoms. The molecular formula is C23H29ClN2O. The Morgan fingerprint density at radius 1 is 1.15 bits per heavy atom. The van der Waals surface area contributed by atoms with Crippen LogP contribution in [0, 0.1) is 5.92 Å². The normalized spacial score (nSPS) is 18.8. The van der Waals surface area contributed by atoms with E-state index in [1.165, 1.54) is 11.1 Å². The molecule has 3 rings (SSSR count). The Kier molecular flexibility index (Phi) is 7.31. The third-order valence-corrected chi connectivity index (χ3v) is 5.55. The number of nitrogens with one attached hydrogen (secondary N) is 1. The van der Waals surface area contributed by atoms with Crippen LogP contribution in [-0.2, 0) is 17.8 Å². The maximum atomic E-state index is 12.7. The van der Waals surface area contributed by atoms with Crippen LogP contribution in [0.3, 0.4) is 0 Å². The van der Waals surface area contributed by atoms with Crippen molar-refractivity contribution in [2.75, 3.05) is 13.1 Å². The highest BCUT2D eigenvalue weighted by molar-refractivity contribution is 6.30. The van der Waals surface area contributed by atoms with Gasteiger partial charge < -0.3 is 5.32 Å². The molecule has 1 aliphatic rings. The van der Waals surface area contributed by atoms with E-state index < -0.39 is 0 Å². The highest BCUT2D eigenvalue weighted by Gasteiger charge is 2.26. The van der Waals surface area contributed by atoms with E-state index in [1.54, 1.807) is 0 Å². The number of likely N-dealkylation sites (tertiary alicyclic amines) is 1. The Morgan fingerprint density at radius 2 is 1.89 bits per heavy atom. The molecule has 0 aliphatic carbocycles. The van der Waals surface area contributed by atoms with E-state index in [9.17, 15) is 4.79 Å². The van der Waals surface area contributed by atoms with E-state index in [2.05, 4.69) is 53.5 Å². The molecule has 2 atom stereocenters. The molecule has 1 heterocycles. The van der Waals surface area contributed by atoms with Gasteiger partial charge in [-0.15, -0.1) is 0 Å². The third kappa shape index (κ3) is 6.37. The van der Waals surface area contributed by atoms with Crippen LogP contribution in [0.1, 0.15) is 37.3 Å². The summed E-state index contributed by atoms with van der Waals surface area (Å²) in [5, 5.41) is 3.99. The summed E-state index contributed by atoms with van der Waals surface area (Å²) >= 11 is 5.97. The number of hydrogen-bond acceptors (Lipinski definition) is 2. The quantitative estimate of drug-likeness (QED) is 0.751. The van der Waals surface area contributed by atoms with Gasteiger partial charge in [0.25, 0.3) is 0 Å². The Hall–Kier alpha value is -1.84. The molecule has 3 nitrogen and oxygen atoms in total. The maximum Gasteiger partial charge on any atom is 0.224 e. The molecule has 2 aromatic rings. The van der Waals surface area contributed by atoms with Crippen molar-refractivity contribution in [2.45, 2.75) is 45.2 Å². The predicted molar refractivity (Wildman–Crippen MR) is 112 cm³/mol. The van der Waals surface area contributed by atoms with Crippen molar-refractivity contribution in [3.63, 3.8) is 0 Å². The van der Waals surface area contributed by atoms with Crippen LogP contribution in [0.15, 0.2) is 54.6 Å². The molecule has 2 aromatic carbocycles. The maximum absolute atomic E-state index is 12.7. The van der Waals surface area contributed by atoms with Gasteiger partial charge in [0.15, 0.2) is 0 Å². The fraction of sp³-hybridized carbons (Fsp3) is 0.435. The first-order valence-corrected chi connectivity index (χ1v) is 10.3. The Bertz CT molecular complexity index is 717. The lowest BCUT2D eigenvalue weighted by molar-refractivity contribution is -0.127. The fourth-order valence-electron chi connectivity index (χ4n) is 3.72. The van der Waals surface area contributed by atoms with E-state index in [0.717, 1.165) is 50.3 Å². The SMILES string of the molecule is C[C@@H](CCc1ccccc1)NC(=O)[C@H]1CCCN(Cc2ccc(Cl)cc2)C1. The number of carbonyl (C=O) groups is 1. The van der Waals surface area contributed by atoms with Crippen LogP contribution in [0.2, 0.25) is 5.02 Å². The monoisotopic (exact) mass is 384 g/mol. The molecule has 0 aromatic heterocycles. The highest BCUT2D eigenvalue weighted by atomic mass is 35.5. The van der Waals surface area contributed by atoms with Gasteiger partial charge in [-0.05, 0) is 62.4 Å². The molecule has 0 unspecified atom stereocenters. The van der Waals surface area contributed by atoms with Gasteiger partial charge in [0.1, 0.15) is 0 Å². The molecule has 1 aliphatic heterocycles. The van der Waals surface area contributed by atoms with Crippen molar-refractivity contribution in [1.29, 1.82) is 0 Å². The van der Waals surface area contributed by atoms with E-state index >= 15 is 0 Å². The van der Waals surface area contributed by atoms with Crippen molar-refractivity contribution in [1.82, 2.24) is 10.2 Å². The molecule has 1 N–H and O–H groups in total. The molecule has 1 saturated heterocycles. The highest BCUT2D eigenvalue weighted by Crippen LogP contribution is 2.20. The van der Waals surface area contributed by atoms with Gasteiger partial charge in [-0.3, -0.25) is 9.69 Å². The van der Waals surface area contributed by atoms with Crippen LogP contribution in [0.25, 0.3) is 0 Å². The second kappa shape index (κ2) is 9.91. The van der Waals surface area contributed by atoms with Gasteiger partial charge in [-0.2, -0.15) is 0 Å². The van der Waals surface area contributed by atoms with Crippen molar-refractivity contribution < 1.29 is 4.79 Å². The summed E-state index contributed by atoms with van der Waals surface area (Å²) in [6.45, 7) is 4.87. The number of hydrogen-bond donors (Lipinski definition) is 1. The van der Waals surface area contributed by atoms with Crippen LogP contribution in [0.5, 0.6) is 0 Å². The largest absolute Gasteiger partial charge is 0.353 e. The standard InChI is InChI=1S/C23H29ClN2O/c1-18(9-10-19-6-3-2-4-7-19)25-23(27)21-8-5-15-26(17-21)16-20-11-13-22(24)14-12-20/h2-4,6-7,11-14,18,21H,5,8-10,15-17H2,1H3,(H,25,27)/t18-,21-/m0/s1. The molecule has 1 amide bonds. The van der Waals surface area contributed by atoms with E-state index in [1.807, 2.05) is 18.2 Å². The Balaban J connectivity index is 1.45. The van der Waals surface area contributed by atoms with Gasteiger partial charge in [0, 0.05) is 24.2 Å². The molecule has 144 valence electrons. The summed E-state index contributed by atoms with van der Waals surface area (Å²) in [4.78, 5) is 15.1. The zero-order valence-electron chi connectivity index (χ0n) is 16.0. The molecule has 27 heavy (non-hydrogen) atoms. The van der Waals surface area contributed by atoms with Crippen LogP contribution >= 0.6 is 11.6 Å². The van der Waals surface area contributed by atoms with Crippen molar-refractivity contribution >= 4 is 17.5 Å². The van der Waals surface area contributed by atoms with Gasteiger partial charge >= 0.3 is 0 Å². The van der Waals surface area contributed by atoms with Crippen molar-refractivity contribution in [3.05, 3.63) is 70.7 Å². The van der Waals surface area contributed by atoms with E-state index in [0.29, 0.717) is 0 Å². The average Bonchev–Trinajstić information content (AvgIpc) is 2.69. The number of aryl methyl sites for hydroxylation is 1. The smallest absolute Gasteiger partial charge is 0.224 e. The molecule has 0 radical (unpaired) electrons. The molecule has 0 saturated carbocycles. The van der Waals surface area contributed by atoms with Crippen molar-refractivity contribution in [2.24, 2.45) is 5.92 Å². The number of carbonyl (C=O) groups excluding carboxylic acids is 1. The summed E-state index contributed by atoms with van der Waals surface area (Å²) in [6, 6.07) is 18.6. The molecule has 0 bridgehead atoms. The van der Waals surface area contributed by atoms with Crippen molar-refractivity contribution in [3.8, 4) is 0 Å². The lowest BCUT2D eigenvalue weighted by Gasteiger charge is -2.32. The second-order valence-corrected chi connectivity index (χ2v) is 8.07. The predicted octanol–water partition coefficient (Wildman–Crippen LogP) is 4.69. The van der Waals surface area contributed by atoms with Crippen LogP contribution in [-0.4, -0.2) is 29.9 Å². The van der Waals surface area contributed by atoms with Gasteiger partial charge in [0.2, 0.25) is 5.91 Å². The van der Waals surface area contributed by atoms with Gasteiger partial charge in [-0.1, -0.05) is 54.1 Å². The summed E-state index contributed by atoms with van der Waals surface area (Å²) < 4.78 is 0.